The van der Waals surface area contributed by atoms with Gasteiger partial charge in [-0.15, -0.1) is 0 Å². The lowest BCUT2D eigenvalue weighted by Crippen LogP contribution is -2.34. The van der Waals surface area contributed by atoms with Crippen LogP contribution < -0.4 is 15.8 Å². The van der Waals surface area contributed by atoms with E-state index >= 15 is 0 Å². The molecule has 6 nitrogen and oxygen atoms in total. The number of ketones is 1. The molecule has 2 atom stereocenters. The Morgan fingerprint density at radius 3 is 3.00 bits per heavy atom. The van der Waals surface area contributed by atoms with Crippen molar-refractivity contribution in [1.82, 2.24) is 0 Å². The number of Topliss-reactive ketones (excluding diaryl/α,β-unsaturated/α-hetero) is 1. The quantitative estimate of drug-likeness (QED) is 0.651. The van der Waals surface area contributed by atoms with Crippen molar-refractivity contribution in [1.29, 1.82) is 0 Å². The number of aliphatic hydroxyl groups excluding tert-OH is 1. The van der Waals surface area contributed by atoms with E-state index in [2.05, 4.69) is 5.32 Å². The molecule has 4 N–H and O–H groups in total. The van der Waals surface area contributed by atoms with Gasteiger partial charge in [0.2, 0.25) is 0 Å². The summed E-state index contributed by atoms with van der Waals surface area (Å²) in [6, 6.07) is 4.59. The van der Waals surface area contributed by atoms with Crippen LogP contribution in [0.4, 0.5) is 5.69 Å². The number of amides is 1. The van der Waals surface area contributed by atoms with Crippen molar-refractivity contribution in [3.8, 4) is 5.75 Å². The summed E-state index contributed by atoms with van der Waals surface area (Å²) < 4.78 is 5.36. The number of benzene rings is 1. The summed E-state index contributed by atoms with van der Waals surface area (Å²) >= 11 is 0. The SMILES string of the molecule is CC1Oc2ccc(C(=O)C(O)CN)cc2NC1=O. The first-order valence-corrected chi connectivity index (χ1v) is 5.57. The van der Waals surface area contributed by atoms with Gasteiger partial charge in [0, 0.05) is 12.1 Å². The second-order valence-corrected chi connectivity index (χ2v) is 4.08. The van der Waals surface area contributed by atoms with Gasteiger partial charge in [-0.3, -0.25) is 9.59 Å². The molecule has 1 aliphatic rings. The molecule has 0 saturated carbocycles. The van der Waals surface area contributed by atoms with Gasteiger partial charge in [0.15, 0.2) is 11.9 Å². The Balaban J connectivity index is 2.30. The van der Waals surface area contributed by atoms with E-state index in [0.717, 1.165) is 0 Å². The van der Waals surface area contributed by atoms with Crippen LogP contribution >= 0.6 is 0 Å². The monoisotopic (exact) mass is 250 g/mol. The van der Waals surface area contributed by atoms with Crippen LogP contribution in [0.3, 0.4) is 0 Å². The van der Waals surface area contributed by atoms with E-state index in [9.17, 15) is 14.7 Å². The molecule has 0 bridgehead atoms. The number of ether oxygens (including phenoxy) is 1. The molecule has 1 aromatic carbocycles. The molecule has 0 spiro atoms. The lowest BCUT2D eigenvalue weighted by Gasteiger charge is -2.23. The molecule has 96 valence electrons. The first kappa shape index (κ1) is 12.5. The number of hydrogen-bond donors (Lipinski definition) is 3. The van der Waals surface area contributed by atoms with Crippen LogP contribution in [0, 0.1) is 0 Å². The van der Waals surface area contributed by atoms with E-state index in [1.54, 1.807) is 13.0 Å². The fourth-order valence-electron chi connectivity index (χ4n) is 1.66. The normalized spacial score (nSPS) is 19.5. The smallest absolute Gasteiger partial charge is 0.265 e. The molecular formula is C12H14N2O4. The van der Waals surface area contributed by atoms with E-state index in [-0.39, 0.29) is 18.0 Å². The van der Waals surface area contributed by atoms with Crippen molar-refractivity contribution in [3.63, 3.8) is 0 Å². The molecule has 0 radical (unpaired) electrons. The predicted molar refractivity (Wildman–Crippen MR) is 64.6 cm³/mol. The number of carbonyl (C=O) groups is 2. The van der Waals surface area contributed by atoms with Gasteiger partial charge < -0.3 is 20.9 Å². The van der Waals surface area contributed by atoms with E-state index in [1.165, 1.54) is 12.1 Å². The van der Waals surface area contributed by atoms with Crippen LogP contribution in [-0.2, 0) is 4.79 Å². The number of nitrogens with two attached hydrogens (primary N) is 1. The molecule has 0 aromatic heterocycles. The van der Waals surface area contributed by atoms with Gasteiger partial charge in [-0.1, -0.05) is 0 Å². The molecule has 2 unspecified atom stereocenters. The van der Waals surface area contributed by atoms with Gasteiger partial charge in [0.25, 0.3) is 5.91 Å². The number of hydrogen-bond acceptors (Lipinski definition) is 5. The minimum Gasteiger partial charge on any atom is -0.479 e. The van der Waals surface area contributed by atoms with Crippen LogP contribution in [-0.4, -0.2) is 35.5 Å². The van der Waals surface area contributed by atoms with Crippen molar-refractivity contribution in [2.75, 3.05) is 11.9 Å². The molecule has 2 rings (SSSR count). The summed E-state index contributed by atoms with van der Waals surface area (Å²) in [6.07, 6.45) is -1.80. The van der Waals surface area contributed by atoms with Crippen molar-refractivity contribution in [2.45, 2.75) is 19.1 Å². The molecule has 6 heteroatoms. The number of carbonyl (C=O) groups excluding carboxylic acids is 2. The van der Waals surface area contributed by atoms with Gasteiger partial charge >= 0.3 is 0 Å². The zero-order valence-electron chi connectivity index (χ0n) is 9.84. The third kappa shape index (κ3) is 2.20. The Kier molecular flexibility index (Phi) is 3.31. The second-order valence-electron chi connectivity index (χ2n) is 4.08. The second kappa shape index (κ2) is 4.75. The fourth-order valence-corrected chi connectivity index (χ4v) is 1.66. The first-order valence-electron chi connectivity index (χ1n) is 5.57. The number of rotatable bonds is 3. The standard InChI is InChI=1S/C12H14N2O4/c1-6-12(17)14-8-4-7(2-3-10(8)18-6)11(16)9(15)5-13/h2-4,6,9,15H,5,13H2,1H3,(H,14,17). The van der Waals surface area contributed by atoms with Crippen molar-refractivity contribution in [2.24, 2.45) is 5.73 Å². The van der Waals surface area contributed by atoms with Crippen molar-refractivity contribution < 1.29 is 19.4 Å². The summed E-state index contributed by atoms with van der Waals surface area (Å²) in [6.45, 7) is 1.49. The van der Waals surface area contributed by atoms with Crippen LogP contribution in [0.1, 0.15) is 17.3 Å². The minimum atomic E-state index is -1.23. The Labute approximate surface area is 104 Å². The molecular weight excluding hydrogens is 236 g/mol. The predicted octanol–water partition coefficient (Wildman–Crippen LogP) is -0.0917. The van der Waals surface area contributed by atoms with Gasteiger partial charge in [0.1, 0.15) is 11.9 Å². The maximum Gasteiger partial charge on any atom is 0.265 e. The molecule has 0 saturated heterocycles. The van der Waals surface area contributed by atoms with Crippen LogP contribution in [0.2, 0.25) is 0 Å². The Hall–Kier alpha value is -1.92. The maximum atomic E-state index is 11.7. The highest BCUT2D eigenvalue weighted by atomic mass is 16.5. The number of aliphatic hydroxyl groups is 1. The summed E-state index contributed by atoms with van der Waals surface area (Å²) in [4.78, 5) is 23.2. The molecule has 0 fully saturated rings. The average molecular weight is 250 g/mol. The molecule has 1 amide bonds. The maximum absolute atomic E-state index is 11.7. The number of nitrogens with one attached hydrogen (secondary N) is 1. The highest BCUT2D eigenvalue weighted by molar-refractivity contribution is 6.03. The third-order valence-electron chi connectivity index (χ3n) is 2.72. The Morgan fingerprint density at radius 1 is 1.61 bits per heavy atom. The molecule has 1 aliphatic heterocycles. The zero-order chi connectivity index (χ0) is 13.3. The highest BCUT2D eigenvalue weighted by Crippen LogP contribution is 2.30. The lowest BCUT2D eigenvalue weighted by atomic mass is 10.0. The Bertz CT molecular complexity index is 501. The molecule has 18 heavy (non-hydrogen) atoms. The number of anilines is 1. The van der Waals surface area contributed by atoms with Gasteiger partial charge in [0.05, 0.1) is 5.69 Å². The zero-order valence-corrected chi connectivity index (χ0v) is 9.84. The van der Waals surface area contributed by atoms with Crippen molar-refractivity contribution in [3.05, 3.63) is 23.8 Å². The third-order valence-corrected chi connectivity index (χ3v) is 2.72. The van der Waals surface area contributed by atoms with E-state index < -0.39 is 18.0 Å². The van der Waals surface area contributed by atoms with E-state index in [0.29, 0.717) is 11.4 Å². The Morgan fingerprint density at radius 2 is 2.33 bits per heavy atom. The van der Waals surface area contributed by atoms with Gasteiger partial charge in [-0.2, -0.15) is 0 Å². The lowest BCUT2D eigenvalue weighted by molar-refractivity contribution is -0.122. The molecule has 1 heterocycles. The molecule has 1 aromatic rings. The topological polar surface area (TPSA) is 102 Å². The first-order chi connectivity index (χ1) is 8.52. The summed E-state index contributed by atoms with van der Waals surface area (Å²) in [5, 5.41) is 12.0. The minimum absolute atomic E-state index is 0.143. The average Bonchev–Trinajstić information content (AvgIpc) is 2.37. The largest absolute Gasteiger partial charge is 0.479 e. The van der Waals surface area contributed by atoms with Crippen LogP contribution in [0.5, 0.6) is 5.75 Å². The summed E-state index contributed by atoms with van der Waals surface area (Å²) in [5.41, 5.74) is 5.93. The van der Waals surface area contributed by atoms with Crippen LogP contribution in [0.25, 0.3) is 0 Å². The number of fused-ring (bicyclic) bond motifs is 1. The summed E-state index contributed by atoms with van der Waals surface area (Å²) in [5.74, 6) is -0.250. The van der Waals surface area contributed by atoms with Gasteiger partial charge in [-0.25, -0.2) is 0 Å². The fraction of sp³-hybridized carbons (Fsp3) is 0.333. The van der Waals surface area contributed by atoms with Gasteiger partial charge in [-0.05, 0) is 25.1 Å². The summed E-state index contributed by atoms with van der Waals surface area (Å²) in [7, 11) is 0. The van der Waals surface area contributed by atoms with E-state index in [1.807, 2.05) is 0 Å². The van der Waals surface area contributed by atoms with Crippen LogP contribution in [0.15, 0.2) is 18.2 Å². The van der Waals surface area contributed by atoms with Crippen molar-refractivity contribution >= 4 is 17.4 Å². The molecule has 0 aliphatic carbocycles. The highest BCUT2D eigenvalue weighted by Gasteiger charge is 2.25. The van der Waals surface area contributed by atoms with E-state index in [4.69, 9.17) is 10.5 Å².